The highest BCUT2D eigenvalue weighted by Crippen LogP contribution is 2.24. The summed E-state index contributed by atoms with van der Waals surface area (Å²) in [6, 6.07) is 16.6. The Morgan fingerprint density at radius 1 is 0.871 bits per heavy atom. The van der Waals surface area contributed by atoms with E-state index >= 15 is 0 Å². The van der Waals surface area contributed by atoms with Crippen molar-refractivity contribution in [3.63, 3.8) is 0 Å². The largest absolute Gasteiger partial charge is 0.378 e. The molecule has 1 amide bonds. The van der Waals surface area contributed by atoms with Crippen LogP contribution in [0, 0.1) is 5.92 Å². The van der Waals surface area contributed by atoms with Gasteiger partial charge in [-0.1, -0.05) is 26.0 Å². The molecule has 0 saturated carbocycles. The molecule has 1 unspecified atom stereocenters. The first-order valence-corrected chi connectivity index (χ1v) is 11.4. The van der Waals surface area contributed by atoms with Gasteiger partial charge in [0.25, 0.3) is 0 Å². The van der Waals surface area contributed by atoms with Crippen LogP contribution < -0.4 is 20.0 Å². The van der Waals surface area contributed by atoms with E-state index in [1.54, 1.807) is 0 Å². The Balaban J connectivity index is 2.33. The van der Waals surface area contributed by atoms with Crippen molar-refractivity contribution in [2.45, 2.75) is 46.7 Å². The van der Waals surface area contributed by atoms with Crippen LogP contribution in [0.15, 0.2) is 48.5 Å². The predicted molar refractivity (Wildman–Crippen MR) is 134 cm³/mol. The molecular formula is C26H40N4O. The number of carbonyl (C=O) groups is 1. The summed E-state index contributed by atoms with van der Waals surface area (Å²) in [7, 11) is 5.92. The Morgan fingerprint density at radius 3 is 1.84 bits per heavy atom. The number of benzene rings is 2. The Kier molecular flexibility index (Phi) is 9.38. The smallest absolute Gasteiger partial charge is 0.244 e. The second-order valence-corrected chi connectivity index (χ2v) is 8.64. The molecule has 1 atom stereocenters. The van der Waals surface area contributed by atoms with Crippen LogP contribution in [0.4, 0.5) is 17.1 Å². The van der Waals surface area contributed by atoms with Gasteiger partial charge in [-0.3, -0.25) is 4.79 Å². The van der Waals surface area contributed by atoms with Crippen LogP contribution >= 0.6 is 0 Å². The van der Waals surface area contributed by atoms with Crippen molar-refractivity contribution < 1.29 is 4.79 Å². The van der Waals surface area contributed by atoms with Gasteiger partial charge in [-0.15, -0.1) is 0 Å². The number of carbonyl (C=O) groups excluding carboxylic acids is 1. The molecule has 2 aromatic carbocycles. The standard InChI is InChI=1S/C26H40N4O/c1-8-29(9-2)23-12-10-21(11-13-23)19-30(26(31)25(27-5)18-20(3)4)24-16-14-22(15-17-24)28(6)7/h10-17,20,25,27H,8-9,18-19H2,1-7H3. The lowest BCUT2D eigenvalue weighted by Gasteiger charge is -2.29. The monoisotopic (exact) mass is 424 g/mol. The van der Waals surface area contributed by atoms with Crippen LogP contribution in [0.25, 0.3) is 0 Å². The van der Waals surface area contributed by atoms with Gasteiger partial charge in [0, 0.05) is 44.2 Å². The Labute approximate surface area is 189 Å². The fourth-order valence-corrected chi connectivity index (χ4v) is 3.81. The van der Waals surface area contributed by atoms with E-state index in [-0.39, 0.29) is 11.9 Å². The quantitative estimate of drug-likeness (QED) is 0.564. The lowest BCUT2D eigenvalue weighted by atomic mass is 10.0. The van der Waals surface area contributed by atoms with E-state index < -0.39 is 0 Å². The SMILES string of the molecule is CCN(CC)c1ccc(CN(C(=O)C(CC(C)C)NC)c2ccc(N(C)C)cc2)cc1. The lowest BCUT2D eigenvalue weighted by Crippen LogP contribution is -2.46. The third kappa shape index (κ3) is 6.73. The van der Waals surface area contributed by atoms with Gasteiger partial charge in [0.1, 0.15) is 0 Å². The van der Waals surface area contributed by atoms with Crippen molar-refractivity contribution in [1.82, 2.24) is 5.32 Å². The third-order valence-corrected chi connectivity index (χ3v) is 5.70. The minimum Gasteiger partial charge on any atom is -0.378 e. The highest BCUT2D eigenvalue weighted by molar-refractivity contribution is 5.97. The van der Waals surface area contributed by atoms with Crippen molar-refractivity contribution in [2.24, 2.45) is 5.92 Å². The van der Waals surface area contributed by atoms with Gasteiger partial charge in [-0.05, 0) is 75.2 Å². The average Bonchev–Trinajstić information content (AvgIpc) is 2.77. The minimum absolute atomic E-state index is 0.113. The maximum Gasteiger partial charge on any atom is 0.244 e. The number of amides is 1. The molecule has 0 spiro atoms. The van der Waals surface area contributed by atoms with Crippen molar-refractivity contribution in [3.05, 3.63) is 54.1 Å². The van der Waals surface area contributed by atoms with Crippen molar-refractivity contribution in [3.8, 4) is 0 Å². The molecule has 170 valence electrons. The fourth-order valence-electron chi connectivity index (χ4n) is 3.81. The van der Waals surface area contributed by atoms with Gasteiger partial charge in [0.2, 0.25) is 5.91 Å². The molecule has 0 fully saturated rings. The second-order valence-electron chi connectivity index (χ2n) is 8.64. The van der Waals surface area contributed by atoms with E-state index in [0.29, 0.717) is 12.5 Å². The Hall–Kier alpha value is -2.53. The zero-order chi connectivity index (χ0) is 23.0. The first kappa shape index (κ1) is 24.7. The molecule has 5 heteroatoms. The number of hydrogen-bond donors (Lipinski definition) is 1. The fraction of sp³-hybridized carbons (Fsp3) is 0.500. The average molecular weight is 425 g/mol. The van der Waals surface area contributed by atoms with Crippen LogP contribution in [-0.4, -0.2) is 46.2 Å². The molecule has 0 aliphatic carbocycles. The van der Waals surface area contributed by atoms with Gasteiger partial charge in [-0.25, -0.2) is 0 Å². The molecule has 0 bridgehead atoms. The predicted octanol–water partition coefficient (Wildman–Crippen LogP) is 4.77. The van der Waals surface area contributed by atoms with Crippen LogP contribution in [0.3, 0.4) is 0 Å². The van der Waals surface area contributed by atoms with Gasteiger partial charge in [0.05, 0.1) is 12.6 Å². The van der Waals surface area contributed by atoms with Gasteiger partial charge in [0.15, 0.2) is 0 Å². The van der Waals surface area contributed by atoms with E-state index in [2.05, 4.69) is 79.2 Å². The van der Waals surface area contributed by atoms with E-state index in [9.17, 15) is 4.79 Å². The van der Waals surface area contributed by atoms with Gasteiger partial charge >= 0.3 is 0 Å². The molecule has 5 nitrogen and oxygen atoms in total. The molecule has 2 rings (SSSR count). The summed E-state index contributed by atoms with van der Waals surface area (Å²) in [4.78, 5) is 19.9. The van der Waals surface area contributed by atoms with E-state index in [0.717, 1.165) is 36.4 Å². The zero-order valence-electron chi connectivity index (χ0n) is 20.4. The summed E-state index contributed by atoms with van der Waals surface area (Å²) in [5.41, 5.74) is 4.38. The first-order valence-electron chi connectivity index (χ1n) is 11.4. The molecule has 0 heterocycles. The van der Waals surface area contributed by atoms with Gasteiger partial charge in [-0.2, -0.15) is 0 Å². The highest BCUT2D eigenvalue weighted by atomic mass is 16.2. The topological polar surface area (TPSA) is 38.8 Å². The van der Waals surface area contributed by atoms with Crippen molar-refractivity contribution >= 4 is 23.0 Å². The molecule has 2 aromatic rings. The zero-order valence-corrected chi connectivity index (χ0v) is 20.4. The number of rotatable bonds is 11. The van der Waals surface area contributed by atoms with Gasteiger partial charge < -0.3 is 20.0 Å². The molecule has 31 heavy (non-hydrogen) atoms. The Bertz CT molecular complexity index is 795. The lowest BCUT2D eigenvalue weighted by molar-refractivity contribution is -0.121. The van der Waals surface area contributed by atoms with Crippen LogP contribution in [-0.2, 0) is 11.3 Å². The van der Waals surface area contributed by atoms with E-state index in [1.165, 1.54) is 5.69 Å². The maximum atomic E-state index is 13.5. The summed E-state index contributed by atoms with van der Waals surface area (Å²) in [5.74, 6) is 0.550. The maximum absolute atomic E-state index is 13.5. The molecule has 0 aromatic heterocycles. The molecule has 0 saturated heterocycles. The van der Waals surface area contributed by atoms with Crippen molar-refractivity contribution in [2.75, 3.05) is 48.9 Å². The number of hydrogen-bond acceptors (Lipinski definition) is 4. The van der Waals surface area contributed by atoms with Crippen molar-refractivity contribution in [1.29, 1.82) is 0 Å². The van der Waals surface area contributed by atoms with Crippen LogP contribution in [0.2, 0.25) is 0 Å². The molecular weight excluding hydrogens is 384 g/mol. The summed E-state index contributed by atoms with van der Waals surface area (Å²) in [6.45, 7) is 11.2. The summed E-state index contributed by atoms with van der Waals surface area (Å²) in [6.07, 6.45) is 0.808. The number of anilines is 3. The Morgan fingerprint density at radius 2 is 1.39 bits per heavy atom. The van der Waals surface area contributed by atoms with E-state index in [4.69, 9.17) is 0 Å². The number of likely N-dealkylation sites (N-methyl/N-ethyl adjacent to an activating group) is 1. The summed E-state index contributed by atoms with van der Waals surface area (Å²) in [5, 5.41) is 3.23. The number of nitrogens with one attached hydrogen (secondary N) is 1. The normalized spacial score (nSPS) is 12.0. The second kappa shape index (κ2) is 11.8. The molecule has 0 radical (unpaired) electrons. The summed E-state index contributed by atoms with van der Waals surface area (Å²) >= 11 is 0. The van der Waals surface area contributed by atoms with E-state index in [1.807, 2.05) is 38.2 Å². The highest BCUT2D eigenvalue weighted by Gasteiger charge is 2.25. The first-order chi connectivity index (χ1) is 14.8. The molecule has 0 aliphatic rings. The van der Waals surface area contributed by atoms with Crippen LogP contribution in [0.1, 0.15) is 39.7 Å². The van der Waals surface area contributed by atoms with Crippen LogP contribution in [0.5, 0.6) is 0 Å². The number of nitrogens with zero attached hydrogens (tertiary/aromatic N) is 3. The molecule has 1 N–H and O–H groups in total. The molecule has 0 aliphatic heterocycles. The third-order valence-electron chi connectivity index (χ3n) is 5.70. The summed E-state index contributed by atoms with van der Waals surface area (Å²) < 4.78 is 0. The minimum atomic E-state index is -0.205.